The fourth-order valence-corrected chi connectivity index (χ4v) is 5.16. The zero-order valence-corrected chi connectivity index (χ0v) is 18.5. The van der Waals surface area contributed by atoms with Gasteiger partial charge in [-0.2, -0.15) is 0 Å². The number of thiophene rings is 1. The first-order chi connectivity index (χ1) is 14.4. The third kappa shape index (κ3) is 4.54. The molecule has 3 aromatic rings. The average Bonchev–Trinajstić information content (AvgIpc) is 3.37. The summed E-state index contributed by atoms with van der Waals surface area (Å²) in [5.74, 6) is 1.27. The van der Waals surface area contributed by atoms with Crippen LogP contribution in [0.4, 0.5) is 5.00 Å². The molecule has 5 nitrogen and oxygen atoms in total. The maximum Gasteiger partial charge on any atom is 0.255 e. The monoisotopic (exact) mass is 421 g/mol. The molecule has 1 aliphatic carbocycles. The maximum absolute atomic E-state index is 13.2. The Kier molecular flexibility index (Phi) is 5.86. The van der Waals surface area contributed by atoms with Crippen LogP contribution in [0.25, 0.3) is 0 Å². The van der Waals surface area contributed by atoms with Gasteiger partial charge >= 0.3 is 0 Å². The Balaban J connectivity index is 1.64. The Labute approximate surface area is 181 Å². The van der Waals surface area contributed by atoms with E-state index in [4.69, 9.17) is 9.41 Å². The van der Waals surface area contributed by atoms with Crippen molar-refractivity contribution in [2.45, 2.75) is 46.6 Å². The number of furan rings is 1. The van der Waals surface area contributed by atoms with Gasteiger partial charge < -0.3 is 9.73 Å². The Hall–Kier alpha value is -2.73. The molecule has 1 amide bonds. The van der Waals surface area contributed by atoms with Gasteiger partial charge in [0.2, 0.25) is 0 Å². The van der Waals surface area contributed by atoms with Crippen molar-refractivity contribution >= 4 is 28.5 Å². The van der Waals surface area contributed by atoms with Crippen LogP contribution < -0.4 is 5.32 Å². The summed E-state index contributed by atoms with van der Waals surface area (Å²) in [7, 11) is 0. The Bertz CT molecular complexity index is 1030. The topological polar surface area (TPSA) is 67.5 Å². The van der Waals surface area contributed by atoms with E-state index in [0.29, 0.717) is 12.5 Å². The second-order valence-corrected chi connectivity index (χ2v) is 9.87. The lowest BCUT2D eigenvalue weighted by Crippen LogP contribution is -2.28. The molecule has 0 aliphatic heterocycles. The standard InChI is InChI=1S/C24H27N3O2S/c1-24(2,3)17-6-7-19-20(13-17)30-23(27-14-16-8-10-25-11-9-16)21(19)22(28)26-15-18-5-4-12-29-18/h4-5,8-12,14,17H,6-7,13,15H2,1-3H3,(H,26,28)/t17-/m0/s1. The highest BCUT2D eigenvalue weighted by atomic mass is 32.1. The molecular formula is C24H27N3O2S. The van der Waals surface area contributed by atoms with Gasteiger partial charge in [-0.05, 0) is 66.0 Å². The van der Waals surface area contributed by atoms with E-state index in [1.165, 1.54) is 10.4 Å². The number of amides is 1. The predicted molar refractivity (Wildman–Crippen MR) is 121 cm³/mol. The van der Waals surface area contributed by atoms with E-state index < -0.39 is 0 Å². The summed E-state index contributed by atoms with van der Waals surface area (Å²) in [5.41, 5.74) is 3.11. The maximum atomic E-state index is 13.2. The van der Waals surface area contributed by atoms with Gasteiger partial charge in [-0.1, -0.05) is 20.8 Å². The number of rotatable bonds is 5. The molecule has 3 heterocycles. The third-order valence-electron chi connectivity index (χ3n) is 5.74. The van der Waals surface area contributed by atoms with Crippen molar-refractivity contribution < 1.29 is 9.21 Å². The van der Waals surface area contributed by atoms with Crippen LogP contribution in [0.3, 0.4) is 0 Å². The first kappa shape index (κ1) is 20.5. The number of nitrogens with one attached hydrogen (secondary N) is 1. The Morgan fingerprint density at radius 2 is 2.13 bits per heavy atom. The summed E-state index contributed by atoms with van der Waals surface area (Å²) >= 11 is 1.65. The number of hydrogen-bond donors (Lipinski definition) is 1. The molecule has 1 N–H and O–H groups in total. The number of carbonyl (C=O) groups excluding carboxylic acids is 1. The molecule has 0 fully saturated rings. The number of fused-ring (bicyclic) bond motifs is 1. The van der Waals surface area contributed by atoms with E-state index in [1.807, 2.05) is 30.5 Å². The molecular weight excluding hydrogens is 394 g/mol. The third-order valence-corrected chi connectivity index (χ3v) is 6.90. The molecule has 0 radical (unpaired) electrons. The van der Waals surface area contributed by atoms with Crippen LogP contribution in [-0.2, 0) is 19.4 Å². The van der Waals surface area contributed by atoms with Crippen LogP contribution in [-0.4, -0.2) is 17.1 Å². The SMILES string of the molecule is CC(C)(C)[C@H]1CCc2c(sc(N=Cc3ccncc3)c2C(=O)NCc2ccco2)C1. The number of carbonyl (C=O) groups is 1. The summed E-state index contributed by atoms with van der Waals surface area (Å²) in [6.45, 7) is 7.27. The van der Waals surface area contributed by atoms with E-state index >= 15 is 0 Å². The van der Waals surface area contributed by atoms with Gasteiger partial charge in [-0.25, -0.2) is 4.99 Å². The number of aliphatic imine (C=N–C) groups is 1. The molecule has 4 rings (SSSR count). The second kappa shape index (κ2) is 8.56. The van der Waals surface area contributed by atoms with E-state index in [1.54, 1.807) is 30.0 Å². The number of nitrogens with zero attached hydrogens (tertiary/aromatic N) is 2. The van der Waals surface area contributed by atoms with Gasteiger partial charge in [0.15, 0.2) is 0 Å². The van der Waals surface area contributed by atoms with E-state index in [-0.39, 0.29) is 11.3 Å². The highest BCUT2D eigenvalue weighted by molar-refractivity contribution is 7.16. The second-order valence-electron chi connectivity index (χ2n) is 8.79. The average molecular weight is 422 g/mol. The molecule has 3 aromatic heterocycles. The van der Waals surface area contributed by atoms with E-state index in [2.05, 4.69) is 31.1 Å². The quantitative estimate of drug-likeness (QED) is 0.548. The highest BCUT2D eigenvalue weighted by Gasteiger charge is 2.33. The van der Waals surface area contributed by atoms with Crippen LogP contribution in [0.15, 0.2) is 52.3 Å². The molecule has 1 aliphatic rings. The summed E-state index contributed by atoms with van der Waals surface area (Å²) < 4.78 is 5.35. The minimum absolute atomic E-state index is 0.0833. The molecule has 0 spiro atoms. The van der Waals surface area contributed by atoms with Gasteiger partial charge in [0.1, 0.15) is 10.8 Å². The van der Waals surface area contributed by atoms with Crippen molar-refractivity contribution in [2.75, 3.05) is 0 Å². The largest absolute Gasteiger partial charge is 0.467 e. The Morgan fingerprint density at radius 3 is 2.83 bits per heavy atom. The predicted octanol–water partition coefficient (Wildman–Crippen LogP) is 5.57. The van der Waals surface area contributed by atoms with Gasteiger partial charge in [-0.3, -0.25) is 9.78 Å². The van der Waals surface area contributed by atoms with Crippen LogP contribution in [0, 0.1) is 11.3 Å². The highest BCUT2D eigenvalue weighted by Crippen LogP contribution is 2.45. The van der Waals surface area contributed by atoms with Crippen molar-refractivity contribution in [1.29, 1.82) is 0 Å². The van der Waals surface area contributed by atoms with Gasteiger partial charge in [0.25, 0.3) is 5.91 Å². The molecule has 0 unspecified atom stereocenters. The molecule has 0 saturated carbocycles. The fraction of sp³-hybridized carbons (Fsp3) is 0.375. The van der Waals surface area contributed by atoms with Gasteiger partial charge in [0, 0.05) is 23.5 Å². The van der Waals surface area contributed by atoms with Gasteiger partial charge in [-0.15, -0.1) is 11.3 Å². The molecule has 1 atom stereocenters. The summed E-state index contributed by atoms with van der Waals surface area (Å²) in [6, 6.07) is 7.50. The minimum atomic E-state index is -0.0833. The van der Waals surface area contributed by atoms with Crippen molar-refractivity contribution in [3.8, 4) is 0 Å². The number of hydrogen-bond acceptors (Lipinski definition) is 5. The number of pyridine rings is 1. The Morgan fingerprint density at radius 1 is 1.33 bits per heavy atom. The molecule has 0 aromatic carbocycles. The van der Waals surface area contributed by atoms with E-state index in [0.717, 1.165) is 41.2 Å². The van der Waals surface area contributed by atoms with Crippen LogP contribution >= 0.6 is 11.3 Å². The summed E-state index contributed by atoms with van der Waals surface area (Å²) in [4.78, 5) is 23.2. The van der Waals surface area contributed by atoms with Gasteiger partial charge in [0.05, 0.1) is 18.4 Å². The molecule has 0 saturated heterocycles. The normalized spacial score (nSPS) is 16.6. The van der Waals surface area contributed by atoms with Crippen molar-refractivity contribution in [3.05, 3.63) is 70.3 Å². The summed E-state index contributed by atoms with van der Waals surface area (Å²) in [5, 5.41) is 3.79. The van der Waals surface area contributed by atoms with E-state index in [9.17, 15) is 4.79 Å². The van der Waals surface area contributed by atoms with Crippen LogP contribution in [0.1, 0.15) is 59.3 Å². The first-order valence-electron chi connectivity index (χ1n) is 10.3. The summed E-state index contributed by atoms with van der Waals surface area (Å²) in [6.07, 6.45) is 9.93. The lowest BCUT2D eigenvalue weighted by molar-refractivity contribution is 0.0947. The van der Waals surface area contributed by atoms with Crippen LogP contribution in [0.2, 0.25) is 0 Å². The van der Waals surface area contributed by atoms with Crippen molar-refractivity contribution in [2.24, 2.45) is 16.3 Å². The molecule has 6 heteroatoms. The zero-order valence-electron chi connectivity index (χ0n) is 17.6. The minimum Gasteiger partial charge on any atom is -0.467 e. The molecule has 30 heavy (non-hydrogen) atoms. The fourth-order valence-electron chi connectivity index (χ4n) is 3.89. The van der Waals surface area contributed by atoms with Crippen LogP contribution in [0.5, 0.6) is 0 Å². The first-order valence-corrected chi connectivity index (χ1v) is 11.1. The smallest absolute Gasteiger partial charge is 0.255 e. The van der Waals surface area contributed by atoms with Crippen molar-refractivity contribution in [3.63, 3.8) is 0 Å². The zero-order chi connectivity index (χ0) is 21.1. The lowest BCUT2D eigenvalue weighted by Gasteiger charge is -2.33. The number of aromatic nitrogens is 1. The van der Waals surface area contributed by atoms with Crippen molar-refractivity contribution in [1.82, 2.24) is 10.3 Å². The molecule has 0 bridgehead atoms. The molecule has 156 valence electrons. The lowest BCUT2D eigenvalue weighted by atomic mass is 9.72.